The first kappa shape index (κ1) is 13.6. The first-order chi connectivity index (χ1) is 9.63. The van der Waals surface area contributed by atoms with Gasteiger partial charge in [-0.15, -0.1) is 0 Å². The zero-order valence-electron chi connectivity index (χ0n) is 11.1. The molecule has 3 aliphatic rings. The molecule has 3 N–H and O–H groups in total. The van der Waals surface area contributed by atoms with E-state index < -0.39 is 12.2 Å². The second-order valence-electron chi connectivity index (χ2n) is 5.61. The number of piperidine rings is 1. The van der Waals surface area contributed by atoms with Crippen molar-refractivity contribution in [2.45, 2.75) is 43.6 Å². The topological polar surface area (TPSA) is 82.7 Å². The van der Waals surface area contributed by atoms with E-state index >= 15 is 0 Å². The van der Waals surface area contributed by atoms with Crippen LogP contribution in [-0.2, 0) is 9.63 Å². The predicted molar refractivity (Wildman–Crippen MR) is 67.4 cm³/mol. The van der Waals surface area contributed by atoms with Crippen LogP contribution < -0.4 is 16.1 Å². The normalized spacial score (nSPS) is 36.0. The number of hydrogen-bond donors (Lipinski definition) is 3. The quantitative estimate of drug-likeness (QED) is 0.596. The third kappa shape index (κ3) is 2.71. The Hall–Kier alpha value is -1.41. The molecule has 0 aromatic heterocycles. The van der Waals surface area contributed by atoms with E-state index in [0.29, 0.717) is 25.9 Å². The minimum Gasteiger partial charge on any atom is -0.333 e. The van der Waals surface area contributed by atoms with Crippen molar-refractivity contribution in [3.63, 3.8) is 0 Å². The number of urea groups is 1. The molecule has 3 heterocycles. The molecule has 0 aromatic carbocycles. The summed E-state index contributed by atoms with van der Waals surface area (Å²) in [7, 11) is 0. The minimum absolute atomic E-state index is 0.0730. The average Bonchev–Trinajstić information content (AvgIpc) is 2.95. The van der Waals surface area contributed by atoms with Crippen LogP contribution in [0.25, 0.3) is 0 Å². The molecule has 0 saturated carbocycles. The first-order valence-corrected chi connectivity index (χ1v) is 6.99. The monoisotopic (exact) mass is 286 g/mol. The van der Waals surface area contributed by atoms with Gasteiger partial charge in [0, 0.05) is 25.2 Å². The summed E-state index contributed by atoms with van der Waals surface area (Å²) in [4.78, 5) is 30.3. The Morgan fingerprint density at radius 1 is 1.50 bits per heavy atom. The van der Waals surface area contributed by atoms with Gasteiger partial charge in [-0.2, -0.15) is 0 Å². The molecule has 3 amide bonds. The van der Waals surface area contributed by atoms with E-state index in [1.165, 1.54) is 4.90 Å². The van der Waals surface area contributed by atoms with Crippen LogP contribution >= 0.6 is 0 Å². The van der Waals surface area contributed by atoms with Gasteiger partial charge in [0.05, 0.1) is 6.61 Å². The summed E-state index contributed by atoms with van der Waals surface area (Å²) in [6.07, 6.45) is 0.985. The van der Waals surface area contributed by atoms with E-state index in [1.54, 1.807) is 0 Å². The maximum atomic E-state index is 12.9. The fourth-order valence-electron chi connectivity index (χ4n) is 3.02. The standard InChI is InChI=1S/C12H19FN4O3/c13-7-3-9(14-4-7)6-20-16-11(18)10-2-1-8-5-17(10)12(19)15-8/h7-10,14H,1-6H2,(H,15,19)(H,16,18)/t7?,8-,9?,10+/m1/s1. The van der Waals surface area contributed by atoms with Crippen LogP contribution in [-0.4, -0.2) is 60.8 Å². The Morgan fingerprint density at radius 3 is 3.10 bits per heavy atom. The highest BCUT2D eigenvalue weighted by atomic mass is 19.1. The summed E-state index contributed by atoms with van der Waals surface area (Å²) in [6, 6.07) is -0.572. The Kier molecular flexibility index (Phi) is 3.75. The molecule has 2 unspecified atom stereocenters. The maximum Gasteiger partial charge on any atom is 0.318 e. The lowest BCUT2D eigenvalue weighted by atomic mass is 10.0. The number of carbonyl (C=O) groups excluding carboxylic acids is 2. The number of rotatable bonds is 4. The lowest BCUT2D eigenvalue weighted by Gasteiger charge is -2.29. The SMILES string of the molecule is O=C(NOCC1CC(F)CN1)[C@@H]1CC[C@@H]2CN1C(=O)N2. The van der Waals surface area contributed by atoms with Gasteiger partial charge in [-0.1, -0.05) is 0 Å². The van der Waals surface area contributed by atoms with Crippen LogP contribution in [0.3, 0.4) is 0 Å². The highest BCUT2D eigenvalue weighted by Gasteiger charge is 2.41. The van der Waals surface area contributed by atoms with Crippen molar-refractivity contribution in [1.82, 2.24) is 21.0 Å². The second-order valence-corrected chi connectivity index (χ2v) is 5.61. The minimum atomic E-state index is -0.845. The summed E-state index contributed by atoms with van der Waals surface area (Å²) < 4.78 is 12.9. The third-order valence-corrected chi connectivity index (χ3v) is 4.10. The predicted octanol–water partition coefficient (Wildman–Crippen LogP) is -0.710. The van der Waals surface area contributed by atoms with E-state index in [1.807, 2.05) is 0 Å². The van der Waals surface area contributed by atoms with Crippen LogP contribution in [0, 0.1) is 0 Å². The van der Waals surface area contributed by atoms with Crippen molar-refractivity contribution >= 4 is 11.9 Å². The Balaban J connectivity index is 1.43. The number of amides is 3. The molecule has 0 aromatic rings. The fourth-order valence-corrected chi connectivity index (χ4v) is 3.02. The summed E-state index contributed by atoms with van der Waals surface area (Å²) >= 11 is 0. The lowest BCUT2D eigenvalue weighted by molar-refractivity contribution is -0.139. The Bertz CT molecular complexity index is 408. The Morgan fingerprint density at radius 2 is 2.35 bits per heavy atom. The number of nitrogens with zero attached hydrogens (tertiary/aromatic N) is 1. The molecule has 7 nitrogen and oxygen atoms in total. The molecule has 3 fully saturated rings. The van der Waals surface area contributed by atoms with E-state index in [-0.39, 0.29) is 30.6 Å². The number of carbonyl (C=O) groups is 2. The van der Waals surface area contributed by atoms with Gasteiger partial charge in [0.25, 0.3) is 5.91 Å². The summed E-state index contributed by atoms with van der Waals surface area (Å²) in [5, 5.41) is 5.79. The van der Waals surface area contributed by atoms with Crippen molar-refractivity contribution in [1.29, 1.82) is 0 Å². The van der Waals surface area contributed by atoms with Gasteiger partial charge >= 0.3 is 6.03 Å². The first-order valence-electron chi connectivity index (χ1n) is 6.99. The highest BCUT2D eigenvalue weighted by molar-refractivity contribution is 5.88. The molecule has 0 spiro atoms. The molecular weight excluding hydrogens is 267 g/mol. The van der Waals surface area contributed by atoms with Crippen LogP contribution in [0.15, 0.2) is 0 Å². The number of hydroxylamine groups is 1. The zero-order chi connectivity index (χ0) is 14.1. The van der Waals surface area contributed by atoms with E-state index in [0.717, 1.165) is 6.42 Å². The molecule has 3 rings (SSSR count). The Labute approximate surface area is 116 Å². The summed E-state index contributed by atoms with van der Waals surface area (Å²) in [6.45, 7) is 1.14. The molecule has 3 aliphatic heterocycles. The maximum absolute atomic E-state index is 12.9. The molecule has 112 valence electrons. The lowest BCUT2D eigenvalue weighted by Crippen LogP contribution is -2.50. The van der Waals surface area contributed by atoms with Crippen LogP contribution in [0.4, 0.5) is 9.18 Å². The van der Waals surface area contributed by atoms with Crippen LogP contribution in [0.5, 0.6) is 0 Å². The van der Waals surface area contributed by atoms with Gasteiger partial charge in [-0.05, 0) is 19.3 Å². The molecule has 20 heavy (non-hydrogen) atoms. The van der Waals surface area contributed by atoms with Crippen molar-refractivity contribution in [3.05, 3.63) is 0 Å². The average molecular weight is 286 g/mol. The second kappa shape index (κ2) is 5.53. The molecule has 2 bridgehead atoms. The van der Waals surface area contributed by atoms with Crippen molar-refractivity contribution in [2.75, 3.05) is 19.7 Å². The van der Waals surface area contributed by atoms with Crippen molar-refractivity contribution in [3.8, 4) is 0 Å². The highest BCUT2D eigenvalue weighted by Crippen LogP contribution is 2.22. The van der Waals surface area contributed by atoms with Crippen molar-refractivity contribution in [2.24, 2.45) is 0 Å². The van der Waals surface area contributed by atoms with Gasteiger partial charge < -0.3 is 15.5 Å². The van der Waals surface area contributed by atoms with E-state index in [4.69, 9.17) is 4.84 Å². The van der Waals surface area contributed by atoms with Crippen LogP contribution in [0.2, 0.25) is 0 Å². The van der Waals surface area contributed by atoms with Gasteiger partial charge in [0.15, 0.2) is 0 Å². The summed E-state index contributed by atoms with van der Waals surface area (Å²) in [5.74, 6) is -0.310. The third-order valence-electron chi connectivity index (χ3n) is 4.10. The van der Waals surface area contributed by atoms with Gasteiger partial charge in [0.2, 0.25) is 0 Å². The summed E-state index contributed by atoms with van der Waals surface area (Å²) in [5.41, 5.74) is 2.37. The van der Waals surface area contributed by atoms with E-state index in [2.05, 4.69) is 16.1 Å². The van der Waals surface area contributed by atoms with Crippen molar-refractivity contribution < 1.29 is 18.8 Å². The molecule has 0 radical (unpaired) electrons. The number of halogens is 1. The van der Waals surface area contributed by atoms with Crippen LogP contribution in [0.1, 0.15) is 19.3 Å². The molecule has 8 heteroatoms. The molecule has 3 saturated heterocycles. The number of nitrogens with one attached hydrogen (secondary N) is 3. The largest absolute Gasteiger partial charge is 0.333 e. The van der Waals surface area contributed by atoms with Gasteiger partial charge in [-0.3, -0.25) is 9.63 Å². The van der Waals surface area contributed by atoms with Gasteiger partial charge in [-0.25, -0.2) is 14.7 Å². The number of alkyl halides is 1. The molecule has 4 atom stereocenters. The molecule has 0 aliphatic carbocycles. The number of hydrogen-bond acceptors (Lipinski definition) is 4. The van der Waals surface area contributed by atoms with E-state index in [9.17, 15) is 14.0 Å². The molecular formula is C12H19FN4O3. The fraction of sp³-hybridized carbons (Fsp3) is 0.833. The number of fused-ring (bicyclic) bond motifs is 2. The smallest absolute Gasteiger partial charge is 0.318 e. The zero-order valence-corrected chi connectivity index (χ0v) is 11.1. The van der Waals surface area contributed by atoms with Gasteiger partial charge in [0.1, 0.15) is 12.2 Å².